The van der Waals surface area contributed by atoms with Crippen LogP contribution in [-0.2, 0) is 0 Å². The predicted molar refractivity (Wildman–Crippen MR) is 55.2 cm³/mol. The van der Waals surface area contributed by atoms with Crippen molar-refractivity contribution in [2.75, 3.05) is 0 Å². The van der Waals surface area contributed by atoms with Gasteiger partial charge >= 0.3 is 0 Å². The zero-order valence-corrected chi connectivity index (χ0v) is 8.08. The quantitative estimate of drug-likeness (QED) is 0.691. The lowest BCUT2D eigenvalue weighted by molar-refractivity contribution is 1.50. The maximum Gasteiger partial charge on any atom is 0.0305 e. The first-order chi connectivity index (χ1) is 5.86. The van der Waals surface area contributed by atoms with Gasteiger partial charge in [-0.3, -0.25) is 4.99 Å². The minimum atomic E-state index is 0.960. The van der Waals surface area contributed by atoms with E-state index in [1.165, 1.54) is 11.1 Å². The summed E-state index contributed by atoms with van der Waals surface area (Å²) in [7, 11) is 0. The number of aliphatic imine (C=N–C) groups is 1. The second-order valence-electron chi connectivity index (χ2n) is 2.70. The van der Waals surface area contributed by atoms with Crippen LogP contribution in [0.3, 0.4) is 0 Å². The van der Waals surface area contributed by atoms with E-state index >= 15 is 0 Å². The third kappa shape index (κ3) is 1.48. The van der Waals surface area contributed by atoms with Crippen molar-refractivity contribution in [3.8, 4) is 0 Å². The highest BCUT2D eigenvalue weighted by Gasteiger charge is 2.02. The zero-order chi connectivity index (χ0) is 8.39. The topological polar surface area (TPSA) is 12.4 Å². The molecule has 60 valence electrons. The van der Waals surface area contributed by atoms with Crippen LogP contribution in [0.1, 0.15) is 12.0 Å². The second-order valence-corrected chi connectivity index (χ2v) is 3.61. The molecule has 0 N–H and O–H groups in total. The fourth-order valence-electron chi connectivity index (χ4n) is 1.20. The van der Waals surface area contributed by atoms with Crippen molar-refractivity contribution in [3.05, 3.63) is 40.5 Å². The van der Waals surface area contributed by atoms with Crippen LogP contribution >= 0.6 is 15.9 Å². The first-order valence-electron chi connectivity index (χ1n) is 3.83. The van der Waals surface area contributed by atoms with Gasteiger partial charge in [-0.2, -0.15) is 0 Å². The highest BCUT2D eigenvalue weighted by Crippen LogP contribution is 2.22. The lowest BCUT2D eigenvalue weighted by Crippen LogP contribution is -1.80. The molecule has 0 bridgehead atoms. The van der Waals surface area contributed by atoms with Gasteiger partial charge in [0.25, 0.3) is 0 Å². The lowest BCUT2D eigenvalue weighted by Gasteiger charge is -1.99. The van der Waals surface area contributed by atoms with Crippen molar-refractivity contribution in [2.24, 2.45) is 4.99 Å². The molecule has 0 radical (unpaired) electrons. The van der Waals surface area contributed by atoms with E-state index in [0.717, 1.165) is 10.9 Å². The van der Waals surface area contributed by atoms with Crippen LogP contribution in [0.5, 0.6) is 0 Å². The molecule has 0 saturated heterocycles. The number of halogens is 1. The molecule has 0 unspecified atom stereocenters. The Balaban J connectivity index is 2.30. The first kappa shape index (κ1) is 7.74. The van der Waals surface area contributed by atoms with Gasteiger partial charge in [-0.25, -0.2) is 0 Å². The second kappa shape index (κ2) is 3.23. The van der Waals surface area contributed by atoms with E-state index in [9.17, 15) is 0 Å². The van der Waals surface area contributed by atoms with Crippen LogP contribution in [0.2, 0.25) is 0 Å². The Bertz CT molecular complexity index is 335. The molecular weight excluding hydrogens is 214 g/mol. The number of benzene rings is 1. The number of allylic oxidation sites excluding steroid dienone is 1. The number of hydrogen-bond acceptors (Lipinski definition) is 1. The van der Waals surface area contributed by atoms with E-state index in [4.69, 9.17) is 0 Å². The molecule has 1 aliphatic rings. The summed E-state index contributed by atoms with van der Waals surface area (Å²) in [6, 6.07) is 8.30. The third-order valence-electron chi connectivity index (χ3n) is 1.86. The Hall–Kier alpha value is -0.890. The average Bonchev–Trinajstić information content (AvgIpc) is 2.58. The van der Waals surface area contributed by atoms with E-state index in [0.29, 0.717) is 0 Å². The van der Waals surface area contributed by atoms with Crippen molar-refractivity contribution in [2.45, 2.75) is 6.42 Å². The molecule has 1 aromatic carbocycles. The minimum absolute atomic E-state index is 0.960. The van der Waals surface area contributed by atoms with Crippen LogP contribution in [0.15, 0.2) is 39.9 Å². The van der Waals surface area contributed by atoms with Crippen molar-refractivity contribution >= 4 is 27.7 Å². The summed E-state index contributed by atoms with van der Waals surface area (Å²) in [5.74, 6) is 0. The van der Waals surface area contributed by atoms with E-state index in [2.05, 4.69) is 45.2 Å². The normalized spacial score (nSPS) is 14.9. The number of nitrogens with zero attached hydrogens (tertiary/aromatic N) is 1. The van der Waals surface area contributed by atoms with Gasteiger partial charge in [0, 0.05) is 23.3 Å². The van der Waals surface area contributed by atoms with Gasteiger partial charge in [0.15, 0.2) is 0 Å². The van der Waals surface area contributed by atoms with Gasteiger partial charge in [-0.05, 0) is 23.3 Å². The molecule has 1 aliphatic heterocycles. The predicted octanol–water partition coefficient (Wildman–Crippen LogP) is 3.26. The van der Waals surface area contributed by atoms with Gasteiger partial charge in [0.2, 0.25) is 0 Å². The van der Waals surface area contributed by atoms with Crippen molar-refractivity contribution in [1.82, 2.24) is 0 Å². The molecule has 0 spiro atoms. The maximum atomic E-state index is 4.06. The van der Waals surface area contributed by atoms with Gasteiger partial charge < -0.3 is 0 Å². The summed E-state index contributed by atoms with van der Waals surface area (Å²) < 4.78 is 1.12. The molecule has 0 aliphatic carbocycles. The Kier molecular flexibility index (Phi) is 2.09. The molecule has 0 saturated carbocycles. The SMILES string of the molecule is Brc1ccc(C2=CN=CC2)cc1. The summed E-state index contributed by atoms with van der Waals surface area (Å²) in [5, 5.41) is 0. The smallest absolute Gasteiger partial charge is 0.0305 e. The molecule has 2 heteroatoms. The van der Waals surface area contributed by atoms with Gasteiger partial charge in [0.1, 0.15) is 0 Å². The Morgan fingerprint density at radius 2 is 1.92 bits per heavy atom. The minimum Gasteiger partial charge on any atom is -0.268 e. The molecule has 1 heterocycles. The Morgan fingerprint density at radius 1 is 1.17 bits per heavy atom. The molecule has 0 aromatic heterocycles. The van der Waals surface area contributed by atoms with Crippen molar-refractivity contribution < 1.29 is 0 Å². The molecule has 0 amide bonds. The van der Waals surface area contributed by atoms with Crippen molar-refractivity contribution in [3.63, 3.8) is 0 Å². The molecular formula is C10H8BrN. The van der Waals surface area contributed by atoms with Crippen LogP contribution in [-0.4, -0.2) is 6.21 Å². The molecule has 0 fully saturated rings. The van der Waals surface area contributed by atoms with E-state index in [1.807, 2.05) is 12.4 Å². The summed E-state index contributed by atoms with van der Waals surface area (Å²) in [6.07, 6.45) is 4.81. The van der Waals surface area contributed by atoms with Crippen LogP contribution in [0, 0.1) is 0 Å². The largest absolute Gasteiger partial charge is 0.268 e. The fourth-order valence-corrected chi connectivity index (χ4v) is 1.47. The standard InChI is InChI=1S/C10H8BrN/c11-10-3-1-8(2-4-10)9-5-6-12-7-9/h1-4,6-7H,5H2. The average molecular weight is 222 g/mol. The van der Waals surface area contributed by atoms with E-state index in [1.54, 1.807) is 0 Å². The number of hydrogen-bond donors (Lipinski definition) is 0. The molecule has 1 aromatic rings. The monoisotopic (exact) mass is 221 g/mol. The van der Waals surface area contributed by atoms with Gasteiger partial charge in [0.05, 0.1) is 0 Å². The summed E-state index contributed by atoms with van der Waals surface area (Å²) in [5.41, 5.74) is 2.55. The third-order valence-corrected chi connectivity index (χ3v) is 2.39. The fraction of sp³-hybridized carbons (Fsp3) is 0.100. The van der Waals surface area contributed by atoms with Crippen LogP contribution in [0.25, 0.3) is 5.57 Å². The molecule has 0 atom stereocenters. The summed E-state index contributed by atoms with van der Waals surface area (Å²) in [6.45, 7) is 0. The lowest BCUT2D eigenvalue weighted by atomic mass is 10.1. The molecule has 12 heavy (non-hydrogen) atoms. The van der Waals surface area contributed by atoms with Crippen LogP contribution < -0.4 is 0 Å². The number of rotatable bonds is 1. The van der Waals surface area contributed by atoms with Crippen molar-refractivity contribution in [1.29, 1.82) is 0 Å². The highest BCUT2D eigenvalue weighted by atomic mass is 79.9. The van der Waals surface area contributed by atoms with Crippen LogP contribution in [0.4, 0.5) is 0 Å². The zero-order valence-electron chi connectivity index (χ0n) is 6.50. The Labute approximate surface area is 80.0 Å². The summed E-state index contributed by atoms with van der Waals surface area (Å²) in [4.78, 5) is 4.06. The highest BCUT2D eigenvalue weighted by molar-refractivity contribution is 9.10. The van der Waals surface area contributed by atoms with E-state index < -0.39 is 0 Å². The van der Waals surface area contributed by atoms with E-state index in [-0.39, 0.29) is 0 Å². The van der Waals surface area contributed by atoms with Gasteiger partial charge in [-0.15, -0.1) is 0 Å². The molecule has 2 rings (SSSR count). The van der Waals surface area contributed by atoms with Gasteiger partial charge in [-0.1, -0.05) is 28.1 Å². The Morgan fingerprint density at radius 3 is 2.50 bits per heavy atom. The first-order valence-corrected chi connectivity index (χ1v) is 4.62. The maximum absolute atomic E-state index is 4.06. The molecule has 1 nitrogen and oxygen atoms in total. The summed E-state index contributed by atoms with van der Waals surface area (Å²) >= 11 is 3.40.